The van der Waals surface area contributed by atoms with E-state index in [4.69, 9.17) is 22.1 Å². The predicted octanol–water partition coefficient (Wildman–Crippen LogP) is 2.88. The molecule has 1 unspecified atom stereocenters. The highest BCUT2D eigenvalue weighted by atomic mass is 35.5. The maximum atomic E-state index is 6.14. The lowest BCUT2D eigenvalue weighted by atomic mass is 10.0. The molecule has 1 saturated carbocycles. The molecule has 0 spiro atoms. The summed E-state index contributed by atoms with van der Waals surface area (Å²) in [5.41, 5.74) is 6.95. The number of nitrogens with two attached hydrogens (primary N) is 1. The van der Waals surface area contributed by atoms with Crippen molar-refractivity contribution < 1.29 is 4.74 Å². The predicted molar refractivity (Wildman–Crippen MR) is 71.2 cm³/mol. The van der Waals surface area contributed by atoms with Crippen LogP contribution in [0.15, 0.2) is 24.3 Å². The van der Waals surface area contributed by atoms with E-state index in [1.165, 1.54) is 18.4 Å². The van der Waals surface area contributed by atoms with Gasteiger partial charge in [-0.3, -0.25) is 0 Å². The van der Waals surface area contributed by atoms with Crippen LogP contribution in [-0.2, 0) is 11.2 Å². The van der Waals surface area contributed by atoms with Crippen molar-refractivity contribution in [3.63, 3.8) is 0 Å². The molecule has 1 aromatic rings. The third-order valence-corrected chi connectivity index (χ3v) is 3.57. The van der Waals surface area contributed by atoms with Crippen LogP contribution < -0.4 is 5.73 Å². The molecule has 3 heteroatoms. The van der Waals surface area contributed by atoms with Gasteiger partial charge in [0.25, 0.3) is 0 Å². The van der Waals surface area contributed by atoms with Gasteiger partial charge in [0.2, 0.25) is 0 Å². The second kappa shape index (κ2) is 6.39. The topological polar surface area (TPSA) is 35.2 Å². The van der Waals surface area contributed by atoms with Gasteiger partial charge in [-0.2, -0.15) is 0 Å². The molecule has 1 fully saturated rings. The van der Waals surface area contributed by atoms with Gasteiger partial charge in [-0.05, 0) is 49.3 Å². The molecule has 0 radical (unpaired) electrons. The molecule has 0 saturated heterocycles. The molecule has 2 rings (SSSR count). The number of hydrogen-bond acceptors (Lipinski definition) is 2. The number of ether oxygens (including phenoxy) is 1. The van der Waals surface area contributed by atoms with Crippen molar-refractivity contribution >= 4 is 11.6 Å². The molecule has 17 heavy (non-hydrogen) atoms. The molecule has 0 heterocycles. The van der Waals surface area contributed by atoms with Gasteiger partial charge < -0.3 is 10.5 Å². The van der Waals surface area contributed by atoms with Crippen LogP contribution in [0.2, 0.25) is 5.02 Å². The average molecular weight is 254 g/mol. The molecule has 1 aromatic carbocycles. The second-order valence-electron chi connectivity index (χ2n) is 4.88. The molecule has 2 nitrogen and oxygen atoms in total. The SMILES string of the molecule is NCC(COCC1CC1)Cc1ccccc1Cl. The Balaban J connectivity index is 1.79. The summed E-state index contributed by atoms with van der Waals surface area (Å²) in [5.74, 6) is 1.18. The highest BCUT2D eigenvalue weighted by molar-refractivity contribution is 6.31. The van der Waals surface area contributed by atoms with E-state index in [1.54, 1.807) is 0 Å². The van der Waals surface area contributed by atoms with E-state index in [0.717, 1.165) is 30.6 Å². The van der Waals surface area contributed by atoms with Gasteiger partial charge in [0.1, 0.15) is 0 Å². The summed E-state index contributed by atoms with van der Waals surface area (Å²) in [6.07, 6.45) is 3.57. The molecule has 2 N–H and O–H groups in total. The number of benzene rings is 1. The molecule has 0 bridgehead atoms. The summed E-state index contributed by atoms with van der Waals surface area (Å²) >= 11 is 6.14. The summed E-state index contributed by atoms with van der Waals surface area (Å²) in [7, 11) is 0. The summed E-state index contributed by atoms with van der Waals surface area (Å²) in [5, 5.41) is 0.827. The second-order valence-corrected chi connectivity index (χ2v) is 5.29. The van der Waals surface area contributed by atoms with Gasteiger partial charge in [0.15, 0.2) is 0 Å². The molecular formula is C14H20ClNO. The monoisotopic (exact) mass is 253 g/mol. The summed E-state index contributed by atoms with van der Waals surface area (Å²) in [6.45, 7) is 2.30. The Morgan fingerprint density at radius 1 is 1.35 bits per heavy atom. The highest BCUT2D eigenvalue weighted by Crippen LogP contribution is 2.29. The zero-order valence-electron chi connectivity index (χ0n) is 10.1. The highest BCUT2D eigenvalue weighted by Gasteiger charge is 2.21. The first-order chi connectivity index (χ1) is 8.29. The molecular weight excluding hydrogens is 234 g/mol. The Hall–Kier alpha value is -0.570. The van der Waals surface area contributed by atoms with E-state index in [-0.39, 0.29) is 0 Å². The first-order valence-electron chi connectivity index (χ1n) is 6.30. The van der Waals surface area contributed by atoms with Crippen molar-refractivity contribution in [2.45, 2.75) is 19.3 Å². The number of halogens is 1. The third-order valence-electron chi connectivity index (χ3n) is 3.20. The fraction of sp³-hybridized carbons (Fsp3) is 0.571. The van der Waals surface area contributed by atoms with Crippen molar-refractivity contribution in [1.29, 1.82) is 0 Å². The Morgan fingerprint density at radius 2 is 2.12 bits per heavy atom. The van der Waals surface area contributed by atoms with Gasteiger partial charge in [-0.1, -0.05) is 29.8 Å². The van der Waals surface area contributed by atoms with Crippen molar-refractivity contribution in [2.24, 2.45) is 17.6 Å². The lowest BCUT2D eigenvalue weighted by molar-refractivity contribution is 0.0934. The van der Waals surface area contributed by atoms with Gasteiger partial charge in [0, 0.05) is 11.6 Å². The number of hydrogen-bond donors (Lipinski definition) is 1. The summed E-state index contributed by atoms with van der Waals surface area (Å²) in [4.78, 5) is 0. The molecule has 1 aliphatic carbocycles. The van der Waals surface area contributed by atoms with E-state index in [0.29, 0.717) is 12.5 Å². The standard InChI is InChI=1S/C14H20ClNO/c15-14-4-2-1-3-13(14)7-12(8-16)10-17-9-11-5-6-11/h1-4,11-12H,5-10,16H2. The van der Waals surface area contributed by atoms with Crippen LogP contribution in [0.1, 0.15) is 18.4 Å². The van der Waals surface area contributed by atoms with Crippen LogP contribution in [0, 0.1) is 11.8 Å². The largest absolute Gasteiger partial charge is 0.381 e. The first kappa shape index (κ1) is 12.9. The van der Waals surface area contributed by atoms with Crippen LogP contribution in [0.4, 0.5) is 0 Å². The molecule has 0 aliphatic heterocycles. The molecule has 1 atom stereocenters. The van der Waals surface area contributed by atoms with Crippen molar-refractivity contribution in [1.82, 2.24) is 0 Å². The average Bonchev–Trinajstić information content (AvgIpc) is 3.14. The zero-order valence-corrected chi connectivity index (χ0v) is 10.8. The fourth-order valence-electron chi connectivity index (χ4n) is 1.87. The first-order valence-corrected chi connectivity index (χ1v) is 6.68. The van der Waals surface area contributed by atoms with Crippen molar-refractivity contribution in [2.75, 3.05) is 19.8 Å². The van der Waals surface area contributed by atoms with Gasteiger partial charge in [-0.25, -0.2) is 0 Å². The third kappa shape index (κ3) is 4.30. The Morgan fingerprint density at radius 3 is 2.76 bits per heavy atom. The van der Waals surface area contributed by atoms with Crippen molar-refractivity contribution in [3.8, 4) is 0 Å². The molecule has 1 aliphatic rings. The summed E-state index contributed by atoms with van der Waals surface area (Å²) < 4.78 is 5.70. The van der Waals surface area contributed by atoms with E-state index in [1.807, 2.05) is 18.2 Å². The minimum absolute atomic E-state index is 0.369. The number of rotatable bonds is 7. The lowest BCUT2D eigenvalue weighted by Gasteiger charge is -2.15. The zero-order chi connectivity index (χ0) is 12.1. The Labute approximate surface area is 108 Å². The Kier molecular flexibility index (Phi) is 4.84. The van der Waals surface area contributed by atoms with Gasteiger partial charge in [-0.15, -0.1) is 0 Å². The fourth-order valence-corrected chi connectivity index (χ4v) is 2.08. The minimum Gasteiger partial charge on any atom is -0.381 e. The van der Waals surface area contributed by atoms with E-state index >= 15 is 0 Å². The van der Waals surface area contributed by atoms with E-state index in [9.17, 15) is 0 Å². The quantitative estimate of drug-likeness (QED) is 0.811. The van der Waals surface area contributed by atoms with Gasteiger partial charge >= 0.3 is 0 Å². The van der Waals surface area contributed by atoms with Crippen LogP contribution in [-0.4, -0.2) is 19.8 Å². The van der Waals surface area contributed by atoms with Crippen LogP contribution in [0.5, 0.6) is 0 Å². The van der Waals surface area contributed by atoms with Crippen LogP contribution in [0.3, 0.4) is 0 Å². The van der Waals surface area contributed by atoms with Crippen molar-refractivity contribution in [3.05, 3.63) is 34.9 Å². The molecule has 0 amide bonds. The minimum atomic E-state index is 0.369. The maximum absolute atomic E-state index is 6.14. The normalized spacial score (nSPS) is 17.1. The lowest BCUT2D eigenvalue weighted by Crippen LogP contribution is -2.22. The molecule has 0 aromatic heterocycles. The van der Waals surface area contributed by atoms with E-state index in [2.05, 4.69) is 6.07 Å². The van der Waals surface area contributed by atoms with Crippen LogP contribution in [0.25, 0.3) is 0 Å². The maximum Gasteiger partial charge on any atom is 0.0509 e. The van der Waals surface area contributed by atoms with E-state index < -0.39 is 0 Å². The summed E-state index contributed by atoms with van der Waals surface area (Å²) in [6, 6.07) is 7.95. The smallest absolute Gasteiger partial charge is 0.0509 e. The van der Waals surface area contributed by atoms with Crippen LogP contribution >= 0.6 is 11.6 Å². The van der Waals surface area contributed by atoms with Gasteiger partial charge in [0.05, 0.1) is 6.61 Å². The molecule has 94 valence electrons. The Bertz CT molecular complexity index is 352.